The van der Waals surface area contributed by atoms with Crippen molar-refractivity contribution in [3.05, 3.63) is 53.6 Å². The average molecular weight is 413 g/mol. The lowest BCUT2D eigenvalue weighted by Crippen LogP contribution is -2.27. The van der Waals surface area contributed by atoms with E-state index in [2.05, 4.69) is 31.4 Å². The summed E-state index contributed by atoms with van der Waals surface area (Å²) >= 11 is 0. The standard InChI is InChI=1S/C24H32N2O4/c1-6-29-19-12-13-21(30-7-2)20(16-19)26-22(27)14-15-25-23(28)17-8-10-18(11-9-17)24(3,4)5/h8-13,16H,6-7,14-15H2,1-5H3,(H,25,28)(H,26,27). The van der Waals surface area contributed by atoms with Crippen LogP contribution in [0.25, 0.3) is 0 Å². The number of anilines is 1. The Kier molecular flexibility index (Phi) is 8.27. The third kappa shape index (κ3) is 6.79. The molecule has 2 amide bonds. The number of amides is 2. The van der Waals surface area contributed by atoms with Crippen LogP contribution >= 0.6 is 0 Å². The van der Waals surface area contributed by atoms with E-state index in [1.165, 1.54) is 0 Å². The highest BCUT2D eigenvalue weighted by Crippen LogP contribution is 2.29. The van der Waals surface area contributed by atoms with Crippen molar-refractivity contribution in [2.45, 2.75) is 46.5 Å². The van der Waals surface area contributed by atoms with E-state index in [1.807, 2.05) is 38.1 Å². The van der Waals surface area contributed by atoms with Crippen LogP contribution in [0, 0.1) is 0 Å². The van der Waals surface area contributed by atoms with Gasteiger partial charge in [-0.25, -0.2) is 0 Å². The van der Waals surface area contributed by atoms with Crippen molar-refractivity contribution in [3.63, 3.8) is 0 Å². The zero-order valence-corrected chi connectivity index (χ0v) is 18.5. The summed E-state index contributed by atoms with van der Waals surface area (Å²) in [6.45, 7) is 11.4. The molecule has 0 bridgehead atoms. The van der Waals surface area contributed by atoms with Crippen LogP contribution in [0.4, 0.5) is 5.69 Å². The fourth-order valence-electron chi connectivity index (χ4n) is 2.87. The maximum Gasteiger partial charge on any atom is 0.251 e. The maximum absolute atomic E-state index is 12.4. The van der Waals surface area contributed by atoms with Gasteiger partial charge in [0.15, 0.2) is 0 Å². The first-order valence-electron chi connectivity index (χ1n) is 10.3. The summed E-state index contributed by atoms with van der Waals surface area (Å²) < 4.78 is 11.1. The maximum atomic E-state index is 12.4. The van der Waals surface area contributed by atoms with Gasteiger partial charge in [0.1, 0.15) is 11.5 Å². The van der Waals surface area contributed by atoms with Gasteiger partial charge in [-0.15, -0.1) is 0 Å². The Morgan fingerprint density at radius 2 is 1.60 bits per heavy atom. The normalized spacial score (nSPS) is 11.0. The lowest BCUT2D eigenvalue weighted by molar-refractivity contribution is -0.116. The van der Waals surface area contributed by atoms with Crippen LogP contribution in [-0.4, -0.2) is 31.6 Å². The Morgan fingerprint density at radius 3 is 2.20 bits per heavy atom. The monoisotopic (exact) mass is 412 g/mol. The highest BCUT2D eigenvalue weighted by molar-refractivity contribution is 5.95. The largest absolute Gasteiger partial charge is 0.494 e. The minimum atomic E-state index is -0.215. The molecule has 6 heteroatoms. The molecular formula is C24H32N2O4. The number of hydrogen-bond donors (Lipinski definition) is 2. The van der Waals surface area contributed by atoms with Gasteiger partial charge in [0.2, 0.25) is 5.91 Å². The van der Waals surface area contributed by atoms with Crippen molar-refractivity contribution < 1.29 is 19.1 Å². The van der Waals surface area contributed by atoms with Gasteiger partial charge in [0, 0.05) is 24.6 Å². The van der Waals surface area contributed by atoms with E-state index in [0.29, 0.717) is 36.0 Å². The zero-order chi connectivity index (χ0) is 22.1. The molecule has 0 radical (unpaired) electrons. The van der Waals surface area contributed by atoms with Gasteiger partial charge in [-0.05, 0) is 49.1 Å². The first kappa shape index (κ1) is 23.3. The number of carbonyl (C=O) groups is 2. The van der Waals surface area contributed by atoms with Crippen LogP contribution in [0.2, 0.25) is 0 Å². The average Bonchev–Trinajstić information content (AvgIpc) is 2.69. The van der Waals surface area contributed by atoms with Crippen molar-refractivity contribution in [1.82, 2.24) is 5.32 Å². The van der Waals surface area contributed by atoms with Crippen LogP contribution in [-0.2, 0) is 10.2 Å². The second-order valence-electron chi connectivity index (χ2n) is 7.91. The quantitative estimate of drug-likeness (QED) is 0.634. The minimum Gasteiger partial charge on any atom is -0.494 e. The van der Waals surface area contributed by atoms with Gasteiger partial charge in [-0.1, -0.05) is 32.9 Å². The first-order chi connectivity index (χ1) is 14.2. The first-order valence-corrected chi connectivity index (χ1v) is 10.3. The Balaban J connectivity index is 1.90. The molecular weight excluding hydrogens is 380 g/mol. The fourth-order valence-corrected chi connectivity index (χ4v) is 2.87. The zero-order valence-electron chi connectivity index (χ0n) is 18.5. The topological polar surface area (TPSA) is 76.7 Å². The Bertz CT molecular complexity index is 854. The molecule has 6 nitrogen and oxygen atoms in total. The van der Waals surface area contributed by atoms with Crippen LogP contribution in [0.3, 0.4) is 0 Å². The predicted molar refractivity (Wildman–Crippen MR) is 120 cm³/mol. The van der Waals surface area contributed by atoms with Crippen molar-refractivity contribution >= 4 is 17.5 Å². The molecule has 2 N–H and O–H groups in total. The highest BCUT2D eigenvalue weighted by atomic mass is 16.5. The van der Waals surface area contributed by atoms with E-state index >= 15 is 0 Å². The van der Waals surface area contributed by atoms with Crippen molar-refractivity contribution in [1.29, 1.82) is 0 Å². The van der Waals surface area contributed by atoms with Crippen molar-refractivity contribution in [3.8, 4) is 11.5 Å². The predicted octanol–water partition coefficient (Wildman–Crippen LogP) is 4.54. The molecule has 0 aliphatic rings. The third-order valence-corrected chi connectivity index (χ3v) is 4.49. The summed E-state index contributed by atoms with van der Waals surface area (Å²) in [7, 11) is 0. The van der Waals surface area contributed by atoms with E-state index in [-0.39, 0.29) is 30.2 Å². The Hall–Kier alpha value is -3.02. The van der Waals surface area contributed by atoms with E-state index in [9.17, 15) is 9.59 Å². The Morgan fingerprint density at radius 1 is 0.933 bits per heavy atom. The highest BCUT2D eigenvalue weighted by Gasteiger charge is 2.15. The molecule has 162 valence electrons. The molecule has 0 saturated heterocycles. The van der Waals surface area contributed by atoms with Gasteiger partial charge < -0.3 is 20.1 Å². The van der Waals surface area contributed by atoms with E-state index in [1.54, 1.807) is 18.2 Å². The summed E-state index contributed by atoms with van der Waals surface area (Å²) in [5.41, 5.74) is 2.33. The summed E-state index contributed by atoms with van der Waals surface area (Å²) in [5.74, 6) is 0.824. The minimum absolute atomic E-state index is 0.0346. The third-order valence-electron chi connectivity index (χ3n) is 4.49. The van der Waals surface area contributed by atoms with Gasteiger partial charge in [-0.2, -0.15) is 0 Å². The second-order valence-corrected chi connectivity index (χ2v) is 7.91. The summed E-state index contributed by atoms with van der Waals surface area (Å²) in [4.78, 5) is 24.7. The van der Waals surface area contributed by atoms with E-state index < -0.39 is 0 Å². The number of ether oxygens (including phenoxy) is 2. The van der Waals surface area contributed by atoms with Gasteiger partial charge >= 0.3 is 0 Å². The molecule has 0 heterocycles. The number of carbonyl (C=O) groups excluding carboxylic acids is 2. The lowest BCUT2D eigenvalue weighted by atomic mass is 9.87. The molecule has 30 heavy (non-hydrogen) atoms. The van der Waals surface area contributed by atoms with Gasteiger partial charge in [0.05, 0.1) is 18.9 Å². The number of nitrogens with one attached hydrogen (secondary N) is 2. The van der Waals surface area contributed by atoms with Gasteiger partial charge in [-0.3, -0.25) is 9.59 Å². The molecule has 0 atom stereocenters. The number of hydrogen-bond acceptors (Lipinski definition) is 4. The summed E-state index contributed by atoms with van der Waals surface area (Å²) in [5, 5.41) is 5.63. The van der Waals surface area contributed by atoms with Crippen LogP contribution < -0.4 is 20.1 Å². The van der Waals surface area contributed by atoms with E-state index in [0.717, 1.165) is 5.56 Å². The lowest BCUT2D eigenvalue weighted by Gasteiger charge is -2.19. The summed E-state index contributed by atoms with van der Waals surface area (Å²) in [6, 6.07) is 12.8. The Labute approximate surface area is 179 Å². The molecule has 2 aromatic rings. The number of benzene rings is 2. The fraction of sp³-hybridized carbons (Fsp3) is 0.417. The molecule has 2 rings (SSSR count). The molecule has 0 aromatic heterocycles. The smallest absolute Gasteiger partial charge is 0.251 e. The van der Waals surface area contributed by atoms with E-state index in [4.69, 9.17) is 9.47 Å². The van der Waals surface area contributed by atoms with Crippen molar-refractivity contribution in [2.75, 3.05) is 25.1 Å². The van der Waals surface area contributed by atoms with Crippen LogP contribution in [0.1, 0.15) is 57.0 Å². The number of rotatable bonds is 9. The molecule has 0 saturated carbocycles. The molecule has 0 unspecified atom stereocenters. The van der Waals surface area contributed by atoms with Crippen molar-refractivity contribution in [2.24, 2.45) is 0 Å². The molecule has 0 spiro atoms. The molecule has 0 fully saturated rings. The molecule has 0 aliphatic heterocycles. The SMILES string of the molecule is CCOc1ccc(OCC)c(NC(=O)CCNC(=O)c2ccc(C(C)(C)C)cc2)c1. The second kappa shape index (κ2) is 10.7. The molecule has 0 aliphatic carbocycles. The van der Waals surface area contributed by atoms with Gasteiger partial charge in [0.25, 0.3) is 5.91 Å². The molecule has 2 aromatic carbocycles. The van der Waals surface area contributed by atoms with Crippen LogP contribution in [0.15, 0.2) is 42.5 Å². The van der Waals surface area contributed by atoms with Crippen LogP contribution in [0.5, 0.6) is 11.5 Å². The summed E-state index contributed by atoms with van der Waals surface area (Å²) in [6.07, 6.45) is 0.149.